The minimum atomic E-state index is -0.167. The third-order valence-corrected chi connectivity index (χ3v) is 5.29. The van der Waals surface area contributed by atoms with Crippen LogP contribution in [0, 0.1) is 11.7 Å². The summed E-state index contributed by atoms with van der Waals surface area (Å²) < 4.78 is 13.0. The molecule has 2 aliphatic heterocycles. The molecule has 0 aromatic heterocycles. The quantitative estimate of drug-likeness (QED) is 0.930. The molecule has 1 aromatic carbocycles. The highest BCUT2D eigenvalue weighted by molar-refractivity contribution is 5.46. The molecule has 2 aliphatic rings. The molecule has 2 fully saturated rings. The lowest BCUT2D eigenvalue weighted by Crippen LogP contribution is -2.46. The largest absolute Gasteiger partial charge is 0.393 e. The highest BCUT2D eigenvalue weighted by atomic mass is 19.1. The minimum absolute atomic E-state index is 0.105. The van der Waals surface area contributed by atoms with E-state index in [9.17, 15) is 9.50 Å². The Kier molecular flexibility index (Phi) is 4.99. The average molecular weight is 306 g/mol. The van der Waals surface area contributed by atoms with Crippen LogP contribution in [0.25, 0.3) is 0 Å². The number of hydrogen-bond donors (Lipinski definition) is 1. The van der Waals surface area contributed by atoms with Crippen molar-refractivity contribution < 1.29 is 9.50 Å². The molecule has 0 aliphatic carbocycles. The molecule has 2 atom stereocenters. The Bertz CT molecular complexity index is 470. The molecule has 4 heteroatoms. The van der Waals surface area contributed by atoms with Crippen LogP contribution in [0.5, 0.6) is 0 Å². The molecular formula is C18H27FN2O. The van der Waals surface area contributed by atoms with Crippen LogP contribution < -0.4 is 4.90 Å². The molecule has 2 unspecified atom stereocenters. The van der Waals surface area contributed by atoms with Gasteiger partial charge in [0.05, 0.1) is 6.10 Å². The number of piperidine rings is 2. The van der Waals surface area contributed by atoms with Gasteiger partial charge in [-0.05, 0) is 62.8 Å². The van der Waals surface area contributed by atoms with Gasteiger partial charge in [-0.1, -0.05) is 0 Å². The zero-order chi connectivity index (χ0) is 15.5. The van der Waals surface area contributed by atoms with E-state index in [2.05, 4.69) is 16.7 Å². The fraction of sp³-hybridized carbons (Fsp3) is 0.667. The summed E-state index contributed by atoms with van der Waals surface area (Å²) >= 11 is 0. The fourth-order valence-corrected chi connectivity index (χ4v) is 3.82. The van der Waals surface area contributed by atoms with Gasteiger partial charge in [0.25, 0.3) is 0 Å². The number of likely N-dealkylation sites (tertiary alicyclic amines) is 1. The lowest BCUT2D eigenvalue weighted by atomic mass is 9.93. The van der Waals surface area contributed by atoms with Crippen molar-refractivity contribution in [2.45, 2.75) is 44.8 Å². The SMILES string of the molecule is CC1CC(O)CCN1CC1CCN(c2ccc(F)cc2)CC1. The molecule has 3 rings (SSSR count). The smallest absolute Gasteiger partial charge is 0.123 e. The van der Waals surface area contributed by atoms with Crippen LogP contribution in [0.15, 0.2) is 24.3 Å². The van der Waals surface area contributed by atoms with E-state index in [0.29, 0.717) is 6.04 Å². The first-order valence-corrected chi connectivity index (χ1v) is 8.54. The van der Waals surface area contributed by atoms with Crippen molar-refractivity contribution in [2.24, 2.45) is 5.92 Å². The summed E-state index contributed by atoms with van der Waals surface area (Å²) in [5.41, 5.74) is 1.13. The monoisotopic (exact) mass is 306 g/mol. The van der Waals surface area contributed by atoms with Crippen LogP contribution in [0.2, 0.25) is 0 Å². The summed E-state index contributed by atoms with van der Waals surface area (Å²) in [6.07, 6.45) is 4.12. The maximum Gasteiger partial charge on any atom is 0.123 e. The molecule has 0 spiro atoms. The summed E-state index contributed by atoms with van der Waals surface area (Å²) in [7, 11) is 0. The Labute approximate surface area is 132 Å². The van der Waals surface area contributed by atoms with Gasteiger partial charge < -0.3 is 14.9 Å². The van der Waals surface area contributed by atoms with Gasteiger partial charge in [0, 0.05) is 37.9 Å². The molecule has 3 nitrogen and oxygen atoms in total. The van der Waals surface area contributed by atoms with Crippen molar-refractivity contribution in [1.29, 1.82) is 0 Å². The summed E-state index contributed by atoms with van der Waals surface area (Å²) in [6.45, 7) is 6.53. The normalized spacial score (nSPS) is 28.0. The van der Waals surface area contributed by atoms with E-state index in [1.165, 1.54) is 12.8 Å². The second kappa shape index (κ2) is 6.97. The molecule has 2 saturated heterocycles. The van der Waals surface area contributed by atoms with Crippen LogP contribution in [-0.4, -0.2) is 48.3 Å². The first-order valence-electron chi connectivity index (χ1n) is 8.54. The maximum atomic E-state index is 13.0. The lowest BCUT2D eigenvalue weighted by Gasteiger charge is -2.40. The van der Waals surface area contributed by atoms with E-state index in [-0.39, 0.29) is 11.9 Å². The molecule has 122 valence electrons. The number of rotatable bonds is 3. The van der Waals surface area contributed by atoms with Gasteiger partial charge in [-0.15, -0.1) is 0 Å². The van der Waals surface area contributed by atoms with E-state index in [0.717, 1.165) is 50.6 Å². The summed E-state index contributed by atoms with van der Waals surface area (Å²) in [6, 6.07) is 7.34. The van der Waals surface area contributed by atoms with Gasteiger partial charge in [-0.2, -0.15) is 0 Å². The molecule has 2 heterocycles. The van der Waals surface area contributed by atoms with Crippen LogP contribution in [0.1, 0.15) is 32.6 Å². The molecule has 1 aromatic rings. The molecule has 22 heavy (non-hydrogen) atoms. The predicted molar refractivity (Wildman–Crippen MR) is 87.6 cm³/mol. The standard InChI is InChI=1S/C18H27FN2O/c1-14-12-18(22)8-11-21(14)13-15-6-9-20(10-7-15)17-4-2-16(19)3-5-17/h2-5,14-15,18,22H,6-13H2,1H3. The molecule has 0 bridgehead atoms. The second-order valence-corrected chi connectivity index (χ2v) is 6.93. The number of anilines is 1. The van der Waals surface area contributed by atoms with E-state index in [1.807, 2.05) is 12.1 Å². The summed E-state index contributed by atoms with van der Waals surface area (Å²) in [5, 5.41) is 9.72. The molecular weight excluding hydrogens is 279 g/mol. The highest BCUT2D eigenvalue weighted by Crippen LogP contribution is 2.26. The van der Waals surface area contributed by atoms with Crippen LogP contribution in [0.3, 0.4) is 0 Å². The number of hydrogen-bond acceptors (Lipinski definition) is 3. The Morgan fingerprint density at radius 3 is 2.41 bits per heavy atom. The van der Waals surface area contributed by atoms with Gasteiger partial charge in [-0.25, -0.2) is 4.39 Å². The summed E-state index contributed by atoms with van der Waals surface area (Å²) in [4.78, 5) is 4.91. The Balaban J connectivity index is 1.48. The van der Waals surface area contributed by atoms with Crippen molar-refractivity contribution in [3.8, 4) is 0 Å². The van der Waals surface area contributed by atoms with Crippen molar-refractivity contribution in [3.05, 3.63) is 30.1 Å². The van der Waals surface area contributed by atoms with Gasteiger partial charge in [0.2, 0.25) is 0 Å². The van der Waals surface area contributed by atoms with Crippen molar-refractivity contribution in [3.63, 3.8) is 0 Å². The number of aliphatic hydroxyl groups excluding tert-OH is 1. The fourth-order valence-electron chi connectivity index (χ4n) is 3.82. The average Bonchev–Trinajstić information content (AvgIpc) is 2.52. The van der Waals surface area contributed by atoms with Crippen LogP contribution in [-0.2, 0) is 0 Å². The molecule has 0 radical (unpaired) electrons. The number of benzene rings is 1. The van der Waals surface area contributed by atoms with Gasteiger partial charge in [0.1, 0.15) is 5.82 Å². The maximum absolute atomic E-state index is 13.0. The molecule has 0 saturated carbocycles. The van der Waals surface area contributed by atoms with Gasteiger partial charge in [-0.3, -0.25) is 0 Å². The zero-order valence-electron chi connectivity index (χ0n) is 13.4. The van der Waals surface area contributed by atoms with Crippen molar-refractivity contribution >= 4 is 5.69 Å². The molecule has 0 amide bonds. The molecule has 1 N–H and O–H groups in total. The van der Waals surface area contributed by atoms with E-state index in [1.54, 1.807) is 12.1 Å². The summed E-state index contributed by atoms with van der Waals surface area (Å²) in [5.74, 6) is 0.578. The van der Waals surface area contributed by atoms with Crippen LogP contribution in [0.4, 0.5) is 10.1 Å². The zero-order valence-corrected chi connectivity index (χ0v) is 13.4. The van der Waals surface area contributed by atoms with E-state index in [4.69, 9.17) is 0 Å². The van der Waals surface area contributed by atoms with Crippen LogP contribution >= 0.6 is 0 Å². The minimum Gasteiger partial charge on any atom is -0.393 e. The highest BCUT2D eigenvalue weighted by Gasteiger charge is 2.27. The Morgan fingerprint density at radius 2 is 1.77 bits per heavy atom. The second-order valence-electron chi connectivity index (χ2n) is 6.93. The number of nitrogens with zero attached hydrogens (tertiary/aromatic N) is 2. The number of halogens is 1. The predicted octanol–water partition coefficient (Wildman–Crippen LogP) is 2.89. The lowest BCUT2D eigenvalue weighted by molar-refractivity contribution is 0.0377. The third kappa shape index (κ3) is 3.79. The van der Waals surface area contributed by atoms with Crippen molar-refractivity contribution in [2.75, 3.05) is 31.1 Å². The van der Waals surface area contributed by atoms with E-state index >= 15 is 0 Å². The first-order chi connectivity index (χ1) is 10.6. The Hall–Kier alpha value is -1.13. The first kappa shape index (κ1) is 15.8. The van der Waals surface area contributed by atoms with Gasteiger partial charge in [0.15, 0.2) is 0 Å². The topological polar surface area (TPSA) is 26.7 Å². The van der Waals surface area contributed by atoms with Crippen molar-refractivity contribution in [1.82, 2.24) is 4.90 Å². The third-order valence-electron chi connectivity index (χ3n) is 5.29. The number of aliphatic hydroxyl groups is 1. The van der Waals surface area contributed by atoms with Gasteiger partial charge >= 0.3 is 0 Å². The Morgan fingerprint density at radius 1 is 1.09 bits per heavy atom. The van der Waals surface area contributed by atoms with E-state index < -0.39 is 0 Å².